The summed E-state index contributed by atoms with van der Waals surface area (Å²) in [5.74, 6) is 0. The third-order valence-electron chi connectivity index (χ3n) is 1.15. The summed E-state index contributed by atoms with van der Waals surface area (Å²) in [5.41, 5.74) is 0. The fourth-order valence-electron chi connectivity index (χ4n) is 0.402. The van der Waals surface area contributed by atoms with Gasteiger partial charge >= 0.3 is 79.6 Å². The average Bonchev–Trinajstić information content (AvgIpc) is 1.82. The zero-order valence-electron chi connectivity index (χ0n) is 7.19. The Morgan fingerprint density at radius 1 is 1.38 bits per heavy atom. The van der Waals surface area contributed by atoms with E-state index >= 15 is 0 Å². The van der Waals surface area contributed by atoms with Crippen molar-refractivity contribution in [3.63, 3.8) is 0 Å². The topological polar surface area (TPSA) is 71.5 Å². The monoisotopic (exact) mass is 281 g/mol. The molecule has 0 bridgehead atoms. The van der Waals surface area contributed by atoms with E-state index in [1.807, 2.05) is 0 Å². The molecule has 0 radical (unpaired) electrons. The van der Waals surface area contributed by atoms with Crippen LogP contribution in [0.5, 0.6) is 0 Å². The Kier molecular flexibility index (Phi) is 4.75. The molecule has 0 fully saturated rings. The van der Waals surface area contributed by atoms with Crippen LogP contribution in [0.4, 0.5) is 3.89 Å². The van der Waals surface area contributed by atoms with Gasteiger partial charge in [-0.1, -0.05) is 0 Å². The van der Waals surface area contributed by atoms with Gasteiger partial charge in [0.25, 0.3) is 0 Å². The van der Waals surface area contributed by atoms with Crippen LogP contribution in [0.25, 0.3) is 0 Å². The van der Waals surface area contributed by atoms with Crippen molar-refractivity contribution in [2.75, 3.05) is 14.1 Å². The number of rotatable bonds is 4. The summed E-state index contributed by atoms with van der Waals surface area (Å²) in [6.45, 7) is 1.34. The summed E-state index contributed by atoms with van der Waals surface area (Å²) in [4.78, 5) is 0.450. The summed E-state index contributed by atoms with van der Waals surface area (Å²) in [5, 5.41) is 0. The van der Waals surface area contributed by atoms with Gasteiger partial charge in [0.1, 0.15) is 0 Å². The SMILES string of the molecule is C[CH](N(C)C)[Cu]([P](=O)=O)[S](=O)(=O)F. The van der Waals surface area contributed by atoms with Crippen molar-refractivity contribution >= 4 is 15.0 Å². The van der Waals surface area contributed by atoms with Crippen molar-refractivity contribution < 1.29 is 33.8 Å². The van der Waals surface area contributed by atoms with Crippen molar-refractivity contribution in [3.05, 3.63) is 0 Å². The molecule has 84 valence electrons. The second kappa shape index (κ2) is 4.66. The van der Waals surface area contributed by atoms with Gasteiger partial charge in [0.15, 0.2) is 0 Å². The predicted molar refractivity (Wildman–Crippen MR) is 41.5 cm³/mol. The van der Waals surface area contributed by atoms with E-state index in [9.17, 15) is 21.4 Å². The number of hydrogen-bond acceptors (Lipinski definition) is 5. The molecule has 0 spiro atoms. The standard InChI is InChI=1S/C4H10N.Cu.FO2S.O2P/c1-4-5(2)3;;1-4(2)3;1-3-2/h4H,1-3H3;;;. The summed E-state index contributed by atoms with van der Waals surface area (Å²) >= 11 is -2.21. The quantitative estimate of drug-likeness (QED) is 0.433. The minimum atomic E-state index is -5.03. The van der Waals surface area contributed by atoms with E-state index in [-0.39, 0.29) is 0 Å². The third-order valence-corrected chi connectivity index (χ3v) is 9.77. The maximum absolute atomic E-state index is 12.5. The molecule has 0 aliphatic rings. The van der Waals surface area contributed by atoms with Gasteiger partial charge in [-0.25, -0.2) is 0 Å². The molecule has 0 rings (SSSR count). The molecule has 0 N–H and O–H groups in total. The van der Waals surface area contributed by atoms with Crippen molar-refractivity contribution in [2.45, 2.75) is 11.9 Å². The molecule has 0 aromatic rings. The number of nitrogens with zero attached hydrogens (tertiary/aromatic N) is 1. The average molecular weight is 282 g/mol. The van der Waals surface area contributed by atoms with Gasteiger partial charge in [0.05, 0.1) is 0 Å². The summed E-state index contributed by atoms with van der Waals surface area (Å²) < 4.78 is 54.4. The van der Waals surface area contributed by atoms with Gasteiger partial charge in [-0.05, 0) is 0 Å². The Balaban J connectivity index is 5.07. The van der Waals surface area contributed by atoms with E-state index in [0.29, 0.717) is 0 Å². The van der Waals surface area contributed by atoms with E-state index in [1.54, 1.807) is 0 Å². The van der Waals surface area contributed by atoms with Gasteiger partial charge in [-0.2, -0.15) is 0 Å². The first-order valence-corrected chi connectivity index (χ1v) is 8.20. The van der Waals surface area contributed by atoms with Crippen molar-refractivity contribution in [3.8, 4) is 0 Å². The van der Waals surface area contributed by atoms with Crippen LogP contribution >= 0.6 is 6.37 Å². The zero-order chi connectivity index (χ0) is 10.8. The first kappa shape index (κ1) is 13.3. The number of halogens is 1. The normalized spacial score (nSPS) is 15.6. The van der Waals surface area contributed by atoms with E-state index in [2.05, 4.69) is 0 Å². The molecule has 0 saturated heterocycles. The Bertz CT molecular complexity index is 332. The molecule has 1 atom stereocenters. The van der Waals surface area contributed by atoms with Crippen LogP contribution in [0.3, 0.4) is 0 Å². The molecule has 0 aliphatic carbocycles. The first-order valence-electron chi connectivity index (χ1n) is 3.01. The molecule has 13 heavy (non-hydrogen) atoms. The molecule has 1 unspecified atom stereocenters. The van der Waals surface area contributed by atoms with Gasteiger partial charge in [0.2, 0.25) is 0 Å². The second-order valence-electron chi connectivity index (χ2n) is 2.20. The maximum atomic E-state index is 12.5. The molecular weight excluding hydrogens is 272 g/mol. The van der Waals surface area contributed by atoms with E-state index in [0.717, 1.165) is 0 Å². The van der Waals surface area contributed by atoms with Gasteiger partial charge in [-0.15, -0.1) is 0 Å². The summed E-state index contributed by atoms with van der Waals surface area (Å²) in [6.07, 6.45) is -3.31. The van der Waals surface area contributed by atoms with Crippen LogP contribution in [0.2, 0.25) is 0 Å². The van der Waals surface area contributed by atoms with E-state index < -0.39 is 32.3 Å². The van der Waals surface area contributed by atoms with Crippen molar-refractivity contribution in [1.82, 2.24) is 4.90 Å². The third kappa shape index (κ3) is 3.87. The zero-order valence-corrected chi connectivity index (χ0v) is 9.85. The van der Waals surface area contributed by atoms with E-state index in [1.165, 1.54) is 25.9 Å². The molecular formula is C4H10CuFNO4PS. The van der Waals surface area contributed by atoms with Gasteiger partial charge in [-0.3, -0.25) is 0 Å². The molecule has 0 saturated carbocycles. The van der Waals surface area contributed by atoms with Gasteiger partial charge < -0.3 is 0 Å². The van der Waals surface area contributed by atoms with E-state index in [4.69, 9.17) is 0 Å². The molecule has 0 aliphatic heterocycles. The fourth-order valence-corrected chi connectivity index (χ4v) is 6.30. The first-order chi connectivity index (χ1) is 5.68. The Morgan fingerprint density at radius 3 is 1.85 bits per heavy atom. The second-order valence-corrected chi connectivity index (χ2v) is 10.1. The van der Waals surface area contributed by atoms with Gasteiger partial charge in [0, 0.05) is 0 Å². The Morgan fingerprint density at radius 2 is 1.77 bits per heavy atom. The Hall–Kier alpha value is 0.259. The Labute approximate surface area is 79.9 Å². The van der Waals surface area contributed by atoms with Crippen LogP contribution in [0.1, 0.15) is 6.92 Å². The molecule has 0 aromatic carbocycles. The molecule has 5 nitrogen and oxygen atoms in total. The fraction of sp³-hybridized carbons (Fsp3) is 1.00. The minimum absolute atomic E-state index is 0.886. The summed E-state index contributed by atoms with van der Waals surface area (Å²) in [6, 6.07) is 0. The molecule has 0 aromatic heterocycles. The van der Waals surface area contributed by atoms with Crippen LogP contribution < -0.4 is 0 Å². The molecule has 0 heterocycles. The van der Waals surface area contributed by atoms with Crippen molar-refractivity contribution in [1.29, 1.82) is 0 Å². The van der Waals surface area contributed by atoms with Crippen molar-refractivity contribution in [2.24, 2.45) is 0 Å². The molecule has 9 heteroatoms. The van der Waals surface area contributed by atoms with Crippen LogP contribution in [0, 0.1) is 0 Å². The number of hydrogen-bond donors (Lipinski definition) is 0. The molecule has 0 amide bonds. The van der Waals surface area contributed by atoms with Crippen LogP contribution in [-0.4, -0.2) is 32.4 Å². The van der Waals surface area contributed by atoms with Crippen LogP contribution in [-0.2, 0) is 30.1 Å². The summed E-state index contributed by atoms with van der Waals surface area (Å²) in [7, 11) is -2.07. The predicted octanol–water partition coefficient (Wildman–Crippen LogP) is 0.814. The van der Waals surface area contributed by atoms with Crippen LogP contribution in [0.15, 0.2) is 0 Å².